The summed E-state index contributed by atoms with van der Waals surface area (Å²) in [4.78, 5) is 12.0. The van der Waals surface area contributed by atoms with E-state index in [2.05, 4.69) is 0 Å². The van der Waals surface area contributed by atoms with Crippen LogP contribution in [-0.4, -0.2) is 5.78 Å². The van der Waals surface area contributed by atoms with Crippen molar-refractivity contribution in [1.29, 1.82) is 0 Å². The fourth-order valence-corrected chi connectivity index (χ4v) is 2.13. The van der Waals surface area contributed by atoms with Crippen LogP contribution in [0.4, 0.5) is 8.78 Å². The molecule has 5 heteroatoms. The van der Waals surface area contributed by atoms with Crippen molar-refractivity contribution < 1.29 is 13.6 Å². The topological polar surface area (TPSA) is 17.1 Å². The third-order valence-corrected chi connectivity index (χ3v) is 3.11. The highest BCUT2D eigenvalue weighted by Gasteiger charge is 2.15. The largest absolute Gasteiger partial charge is 0.294 e. The molecule has 0 spiro atoms. The molecule has 2 aromatic carbocycles. The predicted octanol–water partition coefficient (Wildman–Crippen LogP) is 4.70. The van der Waals surface area contributed by atoms with Crippen LogP contribution in [0.1, 0.15) is 15.9 Å². The maximum atomic E-state index is 13.1. The minimum absolute atomic E-state index is 0.0192. The maximum absolute atomic E-state index is 13.1. The SMILES string of the molecule is O=C(Cc1cccc(Cl)c1)c1cc(F)c(F)cc1Cl. The Balaban J connectivity index is 2.28. The standard InChI is InChI=1S/C14H8Cl2F2O/c15-9-3-1-2-8(4-9)5-14(19)10-6-12(17)13(18)7-11(10)16/h1-4,6-7H,5H2. The van der Waals surface area contributed by atoms with Crippen molar-refractivity contribution in [2.75, 3.05) is 0 Å². The zero-order valence-corrected chi connectivity index (χ0v) is 11.1. The summed E-state index contributed by atoms with van der Waals surface area (Å²) < 4.78 is 26.0. The summed E-state index contributed by atoms with van der Waals surface area (Å²) in [5.74, 6) is -2.57. The zero-order chi connectivity index (χ0) is 14.0. The van der Waals surface area contributed by atoms with Gasteiger partial charge in [0.25, 0.3) is 0 Å². The van der Waals surface area contributed by atoms with E-state index < -0.39 is 17.4 Å². The number of Topliss-reactive ketones (excluding diaryl/α,β-unsaturated/α-hetero) is 1. The van der Waals surface area contributed by atoms with Gasteiger partial charge < -0.3 is 0 Å². The fraction of sp³-hybridized carbons (Fsp3) is 0.0714. The van der Waals surface area contributed by atoms with Crippen LogP contribution in [0.3, 0.4) is 0 Å². The highest BCUT2D eigenvalue weighted by molar-refractivity contribution is 6.34. The van der Waals surface area contributed by atoms with Crippen LogP contribution in [0.2, 0.25) is 10.0 Å². The van der Waals surface area contributed by atoms with Crippen LogP contribution in [0, 0.1) is 11.6 Å². The summed E-state index contributed by atoms with van der Waals surface area (Å²) in [6.07, 6.45) is 0.0192. The highest BCUT2D eigenvalue weighted by atomic mass is 35.5. The van der Waals surface area contributed by atoms with E-state index in [0.29, 0.717) is 10.6 Å². The molecular formula is C14H8Cl2F2O. The lowest BCUT2D eigenvalue weighted by Crippen LogP contribution is -2.05. The molecule has 0 unspecified atom stereocenters. The van der Waals surface area contributed by atoms with Gasteiger partial charge in [0.15, 0.2) is 17.4 Å². The summed E-state index contributed by atoms with van der Waals surface area (Å²) in [6, 6.07) is 8.34. The minimum atomic E-state index is -1.10. The summed E-state index contributed by atoms with van der Waals surface area (Å²) in [6.45, 7) is 0. The van der Waals surface area contributed by atoms with E-state index in [1.54, 1.807) is 24.3 Å². The van der Waals surface area contributed by atoms with Gasteiger partial charge in [-0.05, 0) is 29.8 Å². The molecule has 0 saturated carbocycles. The fourth-order valence-electron chi connectivity index (χ4n) is 1.66. The summed E-state index contributed by atoms with van der Waals surface area (Å²) >= 11 is 11.5. The molecule has 0 heterocycles. The Morgan fingerprint density at radius 3 is 2.42 bits per heavy atom. The van der Waals surface area contributed by atoms with Crippen LogP contribution in [0.25, 0.3) is 0 Å². The number of benzene rings is 2. The highest BCUT2D eigenvalue weighted by Crippen LogP contribution is 2.22. The van der Waals surface area contributed by atoms with Crippen molar-refractivity contribution in [2.24, 2.45) is 0 Å². The van der Waals surface area contributed by atoms with Crippen LogP contribution < -0.4 is 0 Å². The molecule has 0 radical (unpaired) electrons. The molecule has 0 aliphatic rings. The van der Waals surface area contributed by atoms with E-state index in [9.17, 15) is 13.6 Å². The minimum Gasteiger partial charge on any atom is -0.294 e. The lowest BCUT2D eigenvalue weighted by Gasteiger charge is -2.05. The second kappa shape index (κ2) is 5.68. The Hall–Kier alpha value is -1.45. The first-order valence-corrected chi connectivity index (χ1v) is 6.15. The maximum Gasteiger partial charge on any atom is 0.168 e. The number of carbonyl (C=O) groups excluding carboxylic acids is 1. The monoisotopic (exact) mass is 300 g/mol. The zero-order valence-electron chi connectivity index (χ0n) is 9.59. The molecule has 1 nitrogen and oxygen atoms in total. The Morgan fingerprint density at radius 2 is 1.74 bits per heavy atom. The molecule has 98 valence electrons. The Morgan fingerprint density at radius 1 is 1.05 bits per heavy atom. The molecule has 0 saturated heterocycles. The smallest absolute Gasteiger partial charge is 0.168 e. The van der Waals surface area contributed by atoms with E-state index in [-0.39, 0.29) is 17.0 Å². The number of ketones is 1. The first-order valence-electron chi connectivity index (χ1n) is 5.39. The molecule has 0 amide bonds. The van der Waals surface area contributed by atoms with E-state index in [4.69, 9.17) is 23.2 Å². The second-order valence-electron chi connectivity index (χ2n) is 3.98. The molecule has 0 bridgehead atoms. The van der Waals surface area contributed by atoms with Gasteiger partial charge in [-0.1, -0.05) is 35.3 Å². The molecule has 0 atom stereocenters. The molecule has 2 aromatic rings. The first-order chi connectivity index (χ1) is 8.97. The molecule has 0 N–H and O–H groups in total. The molecule has 0 aromatic heterocycles. The number of hydrogen-bond donors (Lipinski definition) is 0. The summed E-state index contributed by atoms with van der Waals surface area (Å²) in [5, 5.41) is 0.396. The summed E-state index contributed by atoms with van der Waals surface area (Å²) in [5.41, 5.74) is 0.638. The van der Waals surface area contributed by atoms with Gasteiger partial charge >= 0.3 is 0 Å². The van der Waals surface area contributed by atoms with Crippen LogP contribution >= 0.6 is 23.2 Å². The van der Waals surface area contributed by atoms with E-state index in [1.165, 1.54) is 0 Å². The third-order valence-electron chi connectivity index (χ3n) is 2.56. The molecule has 19 heavy (non-hydrogen) atoms. The predicted molar refractivity (Wildman–Crippen MR) is 70.9 cm³/mol. The Bertz CT molecular complexity index is 641. The normalized spacial score (nSPS) is 10.5. The number of carbonyl (C=O) groups is 1. The number of halogens is 4. The Labute approximate surface area is 118 Å². The average molecular weight is 301 g/mol. The molecular weight excluding hydrogens is 293 g/mol. The number of rotatable bonds is 3. The van der Waals surface area contributed by atoms with Crippen molar-refractivity contribution in [2.45, 2.75) is 6.42 Å². The van der Waals surface area contributed by atoms with Crippen molar-refractivity contribution in [1.82, 2.24) is 0 Å². The first kappa shape index (κ1) is 14.0. The second-order valence-corrected chi connectivity index (χ2v) is 4.82. The number of hydrogen-bond acceptors (Lipinski definition) is 1. The third kappa shape index (κ3) is 3.31. The molecule has 2 rings (SSSR count). The van der Waals surface area contributed by atoms with E-state index in [1.807, 2.05) is 0 Å². The van der Waals surface area contributed by atoms with Crippen LogP contribution in [0.5, 0.6) is 0 Å². The van der Waals surface area contributed by atoms with Crippen LogP contribution in [0.15, 0.2) is 36.4 Å². The molecule has 0 aliphatic heterocycles. The quantitative estimate of drug-likeness (QED) is 0.593. The van der Waals surface area contributed by atoms with Crippen molar-refractivity contribution in [3.8, 4) is 0 Å². The van der Waals surface area contributed by atoms with Gasteiger partial charge in [-0.3, -0.25) is 4.79 Å². The van der Waals surface area contributed by atoms with Gasteiger partial charge in [0, 0.05) is 17.0 Å². The van der Waals surface area contributed by atoms with Gasteiger partial charge in [-0.2, -0.15) is 0 Å². The van der Waals surface area contributed by atoms with Crippen molar-refractivity contribution in [3.05, 3.63) is 69.2 Å². The van der Waals surface area contributed by atoms with Gasteiger partial charge in [0.05, 0.1) is 5.02 Å². The van der Waals surface area contributed by atoms with E-state index >= 15 is 0 Å². The van der Waals surface area contributed by atoms with Gasteiger partial charge in [-0.25, -0.2) is 8.78 Å². The van der Waals surface area contributed by atoms with Crippen molar-refractivity contribution in [3.63, 3.8) is 0 Å². The summed E-state index contributed by atoms with van der Waals surface area (Å²) in [7, 11) is 0. The Kier molecular flexibility index (Phi) is 4.17. The van der Waals surface area contributed by atoms with Crippen molar-refractivity contribution >= 4 is 29.0 Å². The van der Waals surface area contributed by atoms with E-state index in [0.717, 1.165) is 12.1 Å². The average Bonchev–Trinajstić information content (AvgIpc) is 2.33. The van der Waals surface area contributed by atoms with Gasteiger partial charge in [0.1, 0.15) is 0 Å². The van der Waals surface area contributed by atoms with Gasteiger partial charge in [0.2, 0.25) is 0 Å². The van der Waals surface area contributed by atoms with Crippen LogP contribution in [-0.2, 0) is 6.42 Å². The van der Waals surface area contributed by atoms with Gasteiger partial charge in [-0.15, -0.1) is 0 Å². The molecule has 0 aliphatic carbocycles. The molecule has 0 fully saturated rings. The lowest BCUT2D eigenvalue weighted by atomic mass is 10.0. The lowest BCUT2D eigenvalue weighted by molar-refractivity contribution is 0.0992.